The van der Waals surface area contributed by atoms with Crippen LogP contribution in [-0.4, -0.2) is 40.6 Å². The van der Waals surface area contributed by atoms with Gasteiger partial charge in [-0.25, -0.2) is 4.98 Å². The van der Waals surface area contributed by atoms with Gasteiger partial charge in [0.2, 0.25) is 5.91 Å². The molecule has 1 amide bonds. The molecule has 0 saturated heterocycles. The topological polar surface area (TPSA) is 66.1 Å². The summed E-state index contributed by atoms with van der Waals surface area (Å²) in [6.45, 7) is 0. The minimum absolute atomic E-state index is 0.0469. The number of para-hydroxylation sites is 2. The van der Waals surface area contributed by atoms with Gasteiger partial charge in [-0.3, -0.25) is 9.59 Å². The number of benzene rings is 1. The Balaban J connectivity index is 2.26. The molecule has 1 aromatic carbocycles. The van der Waals surface area contributed by atoms with Crippen LogP contribution in [0.2, 0.25) is 0 Å². The summed E-state index contributed by atoms with van der Waals surface area (Å²) in [5, 5.41) is 0.323. The van der Waals surface area contributed by atoms with Crippen LogP contribution in [0.1, 0.15) is 0 Å². The second-order valence-corrected chi connectivity index (χ2v) is 4.93. The van der Waals surface area contributed by atoms with Crippen molar-refractivity contribution in [2.45, 2.75) is 5.03 Å². The summed E-state index contributed by atoms with van der Waals surface area (Å²) < 4.78 is 0. The first-order valence-corrected chi connectivity index (χ1v) is 6.38. The molecule has 1 aromatic heterocycles. The number of aromatic nitrogens is 2. The summed E-state index contributed by atoms with van der Waals surface area (Å²) in [5.74, 6) is 0.163. The standard InChI is InChI=1S/C12H13N3O2S/c1-15(2)10(16)7-18-12-11(17)13-8-5-3-4-6-9(8)14-12/h3-6H,7H2,1-2H3,(H,13,17). The van der Waals surface area contributed by atoms with E-state index in [2.05, 4.69) is 9.97 Å². The van der Waals surface area contributed by atoms with Gasteiger partial charge in [0.25, 0.3) is 5.56 Å². The van der Waals surface area contributed by atoms with E-state index in [0.29, 0.717) is 10.5 Å². The highest BCUT2D eigenvalue weighted by molar-refractivity contribution is 7.99. The van der Waals surface area contributed by atoms with Gasteiger partial charge in [0.15, 0.2) is 5.03 Å². The fraction of sp³-hybridized carbons (Fsp3) is 0.250. The van der Waals surface area contributed by atoms with Gasteiger partial charge in [-0.2, -0.15) is 0 Å². The van der Waals surface area contributed by atoms with Crippen LogP contribution in [0, 0.1) is 0 Å². The van der Waals surface area contributed by atoms with E-state index in [9.17, 15) is 9.59 Å². The molecule has 0 atom stereocenters. The second-order valence-electron chi connectivity index (χ2n) is 3.97. The minimum Gasteiger partial charge on any atom is -0.348 e. The van der Waals surface area contributed by atoms with Gasteiger partial charge in [-0.15, -0.1) is 0 Å². The number of carbonyl (C=O) groups excluding carboxylic acids is 1. The number of rotatable bonds is 3. The number of H-pyrrole nitrogens is 1. The van der Waals surface area contributed by atoms with Gasteiger partial charge >= 0.3 is 0 Å². The van der Waals surface area contributed by atoms with Gasteiger partial charge < -0.3 is 9.88 Å². The van der Waals surface area contributed by atoms with Crippen molar-refractivity contribution >= 4 is 28.7 Å². The lowest BCUT2D eigenvalue weighted by atomic mass is 10.3. The number of fused-ring (bicyclic) bond motifs is 1. The summed E-state index contributed by atoms with van der Waals surface area (Å²) in [4.78, 5) is 31.7. The molecule has 0 spiro atoms. The zero-order chi connectivity index (χ0) is 13.1. The Hall–Kier alpha value is -1.82. The number of nitrogens with one attached hydrogen (secondary N) is 1. The summed E-state index contributed by atoms with van der Waals surface area (Å²) in [5.41, 5.74) is 1.16. The lowest BCUT2D eigenvalue weighted by molar-refractivity contribution is -0.125. The monoisotopic (exact) mass is 263 g/mol. The van der Waals surface area contributed by atoms with Gasteiger partial charge in [0.1, 0.15) is 0 Å². The minimum atomic E-state index is -0.259. The van der Waals surface area contributed by atoms with Crippen molar-refractivity contribution in [1.82, 2.24) is 14.9 Å². The molecular formula is C12H13N3O2S. The maximum absolute atomic E-state index is 11.8. The Morgan fingerprint density at radius 2 is 2.11 bits per heavy atom. The SMILES string of the molecule is CN(C)C(=O)CSc1nc2ccccc2[nH]c1=O. The average molecular weight is 263 g/mol. The van der Waals surface area contributed by atoms with E-state index in [1.165, 1.54) is 4.90 Å². The Labute approximate surface area is 108 Å². The average Bonchev–Trinajstić information content (AvgIpc) is 2.35. The number of carbonyl (C=O) groups is 1. The molecule has 0 saturated carbocycles. The molecular weight excluding hydrogens is 250 g/mol. The smallest absolute Gasteiger partial charge is 0.280 e. The molecule has 0 aliphatic heterocycles. The van der Waals surface area contributed by atoms with Crippen molar-refractivity contribution in [2.75, 3.05) is 19.8 Å². The van der Waals surface area contributed by atoms with E-state index in [-0.39, 0.29) is 17.2 Å². The van der Waals surface area contributed by atoms with Crippen molar-refractivity contribution < 1.29 is 4.79 Å². The number of hydrogen-bond acceptors (Lipinski definition) is 4. The summed E-state index contributed by atoms with van der Waals surface area (Å²) in [6, 6.07) is 7.31. The zero-order valence-electron chi connectivity index (χ0n) is 10.1. The van der Waals surface area contributed by atoms with Gasteiger partial charge in [0.05, 0.1) is 16.8 Å². The molecule has 1 N–H and O–H groups in total. The van der Waals surface area contributed by atoms with Crippen LogP contribution in [-0.2, 0) is 4.79 Å². The molecule has 1 heterocycles. The van der Waals surface area contributed by atoms with E-state index >= 15 is 0 Å². The van der Waals surface area contributed by atoms with Crippen LogP contribution in [0.25, 0.3) is 11.0 Å². The van der Waals surface area contributed by atoms with Gasteiger partial charge in [-0.1, -0.05) is 23.9 Å². The molecule has 6 heteroatoms. The lowest BCUT2D eigenvalue weighted by Gasteiger charge is -2.09. The fourth-order valence-electron chi connectivity index (χ4n) is 1.37. The highest BCUT2D eigenvalue weighted by Crippen LogP contribution is 2.14. The summed E-state index contributed by atoms with van der Waals surface area (Å²) >= 11 is 1.15. The number of aromatic amines is 1. The highest BCUT2D eigenvalue weighted by Gasteiger charge is 2.09. The predicted molar refractivity (Wildman–Crippen MR) is 71.8 cm³/mol. The van der Waals surface area contributed by atoms with Crippen LogP contribution in [0.3, 0.4) is 0 Å². The summed E-state index contributed by atoms with van der Waals surface area (Å²) in [7, 11) is 3.36. The van der Waals surface area contributed by atoms with E-state index < -0.39 is 0 Å². The van der Waals surface area contributed by atoms with E-state index in [1.807, 2.05) is 18.2 Å². The Morgan fingerprint density at radius 1 is 1.39 bits per heavy atom. The van der Waals surface area contributed by atoms with Crippen LogP contribution in [0.15, 0.2) is 34.1 Å². The molecule has 18 heavy (non-hydrogen) atoms. The molecule has 0 aliphatic carbocycles. The normalized spacial score (nSPS) is 10.6. The Bertz CT molecular complexity index is 637. The number of amides is 1. The van der Waals surface area contributed by atoms with Crippen LogP contribution in [0.5, 0.6) is 0 Å². The third kappa shape index (κ3) is 2.70. The molecule has 2 aromatic rings. The van der Waals surface area contributed by atoms with Crippen LogP contribution >= 0.6 is 11.8 Å². The third-order valence-corrected chi connectivity index (χ3v) is 3.34. The quantitative estimate of drug-likeness (QED) is 0.842. The van der Waals surface area contributed by atoms with Crippen molar-refractivity contribution in [3.05, 3.63) is 34.6 Å². The molecule has 0 aliphatic rings. The lowest BCUT2D eigenvalue weighted by Crippen LogP contribution is -2.24. The first kappa shape index (κ1) is 12.6. The summed E-state index contributed by atoms with van der Waals surface area (Å²) in [6.07, 6.45) is 0. The number of nitrogens with zero attached hydrogens (tertiary/aromatic N) is 2. The molecule has 0 radical (unpaired) electrons. The zero-order valence-corrected chi connectivity index (χ0v) is 11.0. The number of thioether (sulfide) groups is 1. The molecule has 5 nitrogen and oxygen atoms in total. The first-order chi connectivity index (χ1) is 8.58. The maximum Gasteiger partial charge on any atom is 0.280 e. The molecule has 0 unspecified atom stereocenters. The molecule has 94 valence electrons. The van der Waals surface area contributed by atoms with E-state index in [4.69, 9.17) is 0 Å². The third-order valence-electron chi connectivity index (χ3n) is 2.40. The van der Waals surface area contributed by atoms with Crippen LogP contribution < -0.4 is 5.56 Å². The van der Waals surface area contributed by atoms with Crippen molar-refractivity contribution in [3.63, 3.8) is 0 Å². The van der Waals surface area contributed by atoms with Crippen molar-refractivity contribution in [2.24, 2.45) is 0 Å². The second kappa shape index (κ2) is 5.22. The Kier molecular flexibility index (Phi) is 3.66. The van der Waals surface area contributed by atoms with Crippen LogP contribution in [0.4, 0.5) is 0 Å². The fourth-order valence-corrected chi connectivity index (χ4v) is 2.23. The Morgan fingerprint density at radius 3 is 2.83 bits per heavy atom. The van der Waals surface area contributed by atoms with Crippen molar-refractivity contribution in [1.29, 1.82) is 0 Å². The first-order valence-electron chi connectivity index (χ1n) is 5.40. The van der Waals surface area contributed by atoms with E-state index in [1.54, 1.807) is 20.2 Å². The largest absolute Gasteiger partial charge is 0.348 e. The molecule has 2 rings (SSSR count). The van der Waals surface area contributed by atoms with E-state index in [0.717, 1.165) is 17.3 Å². The maximum atomic E-state index is 11.8. The number of hydrogen-bond donors (Lipinski definition) is 1. The highest BCUT2D eigenvalue weighted by atomic mass is 32.2. The van der Waals surface area contributed by atoms with Gasteiger partial charge in [-0.05, 0) is 12.1 Å². The predicted octanol–water partition coefficient (Wildman–Crippen LogP) is 1.10. The van der Waals surface area contributed by atoms with Gasteiger partial charge in [0, 0.05) is 14.1 Å². The molecule has 0 bridgehead atoms. The van der Waals surface area contributed by atoms with Crippen molar-refractivity contribution in [3.8, 4) is 0 Å². The molecule has 0 fully saturated rings.